The first-order chi connectivity index (χ1) is 9.26. The summed E-state index contributed by atoms with van der Waals surface area (Å²) in [5.74, 6) is 0.653. The number of pyridine rings is 1. The van der Waals surface area contributed by atoms with Crippen molar-refractivity contribution in [1.29, 1.82) is 0 Å². The number of anilines is 2. The number of aromatic nitrogens is 1. The van der Waals surface area contributed by atoms with Crippen molar-refractivity contribution in [2.45, 2.75) is 6.18 Å². The van der Waals surface area contributed by atoms with Crippen LogP contribution in [0.25, 0.3) is 0 Å². The molecule has 1 spiro atoms. The van der Waals surface area contributed by atoms with E-state index in [2.05, 4.69) is 4.98 Å². The van der Waals surface area contributed by atoms with Crippen molar-refractivity contribution in [3.8, 4) is 0 Å². The van der Waals surface area contributed by atoms with Gasteiger partial charge in [0.05, 0.1) is 23.5 Å². The summed E-state index contributed by atoms with van der Waals surface area (Å²) < 4.78 is 36.7. The van der Waals surface area contributed by atoms with Crippen LogP contribution in [0.5, 0.6) is 0 Å². The molecule has 20 heavy (non-hydrogen) atoms. The van der Waals surface area contributed by atoms with Gasteiger partial charge < -0.3 is 10.6 Å². The Morgan fingerprint density at radius 1 is 1.30 bits per heavy atom. The smallest absolute Gasteiger partial charge is 0.397 e. The van der Waals surface area contributed by atoms with Crippen LogP contribution in [-0.2, 0) is 0 Å². The molecule has 4 nitrogen and oxygen atoms in total. The molecule has 2 fully saturated rings. The lowest BCUT2D eigenvalue weighted by atomic mass is 9.73. The molecular weight excluding hydrogens is 293 g/mol. The van der Waals surface area contributed by atoms with E-state index in [-0.39, 0.29) is 5.41 Å². The van der Waals surface area contributed by atoms with E-state index >= 15 is 0 Å². The van der Waals surface area contributed by atoms with Crippen molar-refractivity contribution in [1.82, 2.24) is 9.88 Å². The van der Waals surface area contributed by atoms with Crippen LogP contribution in [0.1, 0.15) is 0 Å². The van der Waals surface area contributed by atoms with Gasteiger partial charge in [-0.05, 0) is 6.07 Å². The van der Waals surface area contributed by atoms with Crippen LogP contribution in [0, 0.1) is 5.41 Å². The largest absolute Gasteiger partial charge is 0.401 e. The molecule has 2 N–H and O–H groups in total. The van der Waals surface area contributed by atoms with Crippen LogP contribution in [-0.4, -0.2) is 48.8 Å². The van der Waals surface area contributed by atoms with Crippen LogP contribution >= 0.6 is 11.6 Å². The first-order valence-corrected chi connectivity index (χ1v) is 6.59. The molecule has 3 rings (SSSR count). The zero-order chi connectivity index (χ0) is 14.5. The highest BCUT2D eigenvalue weighted by molar-refractivity contribution is 6.33. The van der Waals surface area contributed by atoms with Gasteiger partial charge in [0.2, 0.25) is 0 Å². The van der Waals surface area contributed by atoms with E-state index in [1.807, 2.05) is 4.90 Å². The molecule has 0 aliphatic carbocycles. The molecule has 0 aromatic carbocycles. The zero-order valence-electron chi connectivity index (χ0n) is 10.6. The summed E-state index contributed by atoms with van der Waals surface area (Å²) >= 11 is 6.06. The molecule has 0 atom stereocenters. The first kappa shape index (κ1) is 13.8. The monoisotopic (exact) mass is 306 g/mol. The fourth-order valence-corrected chi connectivity index (χ4v) is 3.35. The maximum Gasteiger partial charge on any atom is 0.401 e. The maximum absolute atomic E-state index is 12.2. The second-order valence-electron chi connectivity index (χ2n) is 5.69. The molecule has 2 aliphatic heterocycles. The van der Waals surface area contributed by atoms with Crippen molar-refractivity contribution >= 4 is 23.1 Å². The van der Waals surface area contributed by atoms with Crippen LogP contribution in [0.15, 0.2) is 12.3 Å². The number of hydrogen-bond donors (Lipinski definition) is 1. The van der Waals surface area contributed by atoms with E-state index < -0.39 is 12.7 Å². The quantitative estimate of drug-likeness (QED) is 0.908. The summed E-state index contributed by atoms with van der Waals surface area (Å²) in [5.41, 5.74) is 6.04. The molecule has 110 valence electrons. The lowest BCUT2D eigenvalue weighted by Crippen LogP contribution is -2.73. The van der Waals surface area contributed by atoms with E-state index in [4.69, 9.17) is 17.3 Å². The Labute approximate surface area is 119 Å². The Balaban J connectivity index is 1.55. The number of rotatable bonds is 2. The highest BCUT2D eigenvalue weighted by atomic mass is 35.5. The second-order valence-corrected chi connectivity index (χ2v) is 6.10. The Hall–Kier alpha value is -1.21. The minimum absolute atomic E-state index is 0.0301. The van der Waals surface area contributed by atoms with Crippen molar-refractivity contribution in [2.75, 3.05) is 43.4 Å². The third-order valence-corrected chi connectivity index (χ3v) is 3.99. The summed E-state index contributed by atoms with van der Waals surface area (Å²) in [7, 11) is 0. The highest BCUT2D eigenvalue weighted by Crippen LogP contribution is 2.43. The third-order valence-electron chi connectivity index (χ3n) is 3.72. The van der Waals surface area contributed by atoms with Gasteiger partial charge in [-0.1, -0.05) is 11.6 Å². The summed E-state index contributed by atoms with van der Waals surface area (Å²) in [6, 6.07) is 1.63. The normalized spacial score (nSPS) is 21.7. The number of halogens is 4. The number of likely N-dealkylation sites (tertiary alicyclic amines) is 1. The lowest BCUT2D eigenvalue weighted by molar-refractivity contribution is -0.172. The molecule has 1 aromatic rings. The average molecular weight is 307 g/mol. The van der Waals surface area contributed by atoms with Gasteiger partial charge in [0, 0.05) is 31.6 Å². The van der Waals surface area contributed by atoms with E-state index in [0.29, 0.717) is 42.7 Å². The van der Waals surface area contributed by atoms with E-state index in [1.165, 1.54) is 11.1 Å². The van der Waals surface area contributed by atoms with E-state index in [1.54, 1.807) is 6.07 Å². The average Bonchev–Trinajstić information content (AvgIpc) is 2.19. The maximum atomic E-state index is 12.2. The molecular formula is C12H14ClF3N4. The van der Waals surface area contributed by atoms with Gasteiger partial charge >= 0.3 is 6.18 Å². The number of alkyl halides is 3. The van der Waals surface area contributed by atoms with Gasteiger partial charge in [-0.25, -0.2) is 4.98 Å². The van der Waals surface area contributed by atoms with Gasteiger partial charge in [0.15, 0.2) is 0 Å². The fraction of sp³-hybridized carbons (Fsp3) is 0.583. The minimum atomic E-state index is -4.12. The molecule has 8 heteroatoms. The molecule has 2 aliphatic rings. The summed E-state index contributed by atoms with van der Waals surface area (Å²) in [4.78, 5) is 7.58. The number of nitrogen functional groups attached to an aromatic ring is 1. The Morgan fingerprint density at radius 2 is 1.95 bits per heavy atom. The molecule has 0 saturated carbocycles. The summed E-state index contributed by atoms with van der Waals surface area (Å²) in [6.07, 6.45) is -2.59. The molecule has 0 unspecified atom stereocenters. The molecule has 3 heterocycles. The van der Waals surface area contributed by atoms with Crippen LogP contribution in [0.4, 0.5) is 24.7 Å². The Kier molecular flexibility index (Phi) is 3.02. The van der Waals surface area contributed by atoms with Crippen LogP contribution in [0.2, 0.25) is 5.02 Å². The first-order valence-electron chi connectivity index (χ1n) is 6.21. The fourth-order valence-electron chi connectivity index (χ4n) is 3.06. The summed E-state index contributed by atoms with van der Waals surface area (Å²) in [5, 5.41) is 0.478. The predicted molar refractivity (Wildman–Crippen MR) is 70.8 cm³/mol. The predicted octanol–water partition coefficient (Wildman–Crippen LogP) is 2.00. The topological polar surface area (TPSA) is 45.4 Å². The lowest BCUT2D eigenvalue weighted by Gasteiger charge is -2.60. The van der Waals surface area contributed by atoms with Crippen molar-refractivity contribution in [3.05, 3.63) is 17.3 Å². The van der Waals surface area contributed by atoms with E-state index in [0.717, 1.165) is 0 Å². The minimum Gasteiger partial charge on any atom is -0.397 e. The van der Waals surface area contributed by atoms with Gasteiger partial charge in [-0.3, -0.25) is 4.90 Å². The molecule has 2 saturated heterocycles. The number of nitrogens with two attached hydrogens (primary N) is 1. The van der Waals surface area contributed by atoms with E-state index in [9.17, 15) is 13.2 Å². The molecule has 0 radical (unpaired) electrons. The number of hydrogen-bond acceptors (Lipinski definition) is 4. The van der Waals surface area contributed by atoms with Crippen molar-refractivity contribution in [3.63, 3.8) is 0 Å². The highest BCUT2D eigenvalue weighted by Gasteiger charge is 2.54. The molecule has 0 amide bonds. The summed E-state index contributed by atoms with van der Waals surface area (Å²) in [6.45, 7) is 1.52. The molecule has 1 aromatic heterocycles. The third kappa shape index (κ3) is 2.52. The SMILES string of the molecule is Nc1cnc(N2CC3(CN(CC(F)(F)F)C3)C2)c(Cl)c1. The van der Waals surface area contributed by atoms with Gasteiger partial charge in [0.1, 0.15) is 5.82 Å². The Bertz CT molecular complexity index is 520. The van der Waals surface area contributed by atoms with Crippen molar-refractivity contribution in [2.24, 2.45) is 5.41 Å². The van der Waals surface area contributed by atoms with Crippen molar-refractivity contribution < 1.29 is 13.2 Å². The second kappa shape index (κ2) is 4.39. The van der Waals surface area contributed by atoms with Crippen LogP contribution in [0.3, 0.4) is 0 Å². The standard InChI is InChI=1S/C12H14ClF3N4/c13-9-1-8(17)2-18-10(9)20-5-11(6-20)3-19(4-11)7-12(14,15)16/h1-2H,3-7,17H2. The molecule has 0 bridgehead atoms. The van der Waals surface area contributed by atoms with Gasteiger partial charge in [0.25, 0.3) is 0 Å². The van der Waals surface area contributed by atoms with Crippen LogP contribution < -0.4 is 10.6 Å². The van der Waals surface area contributed by atoms with Gasteiger partial charge in [-0.2, -0.15) is 13.2 Å². The van der Waals surface area contributed by atoms with Gasteiger partial charge in [-0.15, -0.1) is 0 Å². The number of nitrogens with zero attached hydrogens (tertiary/aromatic N) is 3. The Morgan fingerprint density at radius 3 is 2.50 bits per heavy atom. The zero-order valence-corrected chi connectivity index (χ0v) is 11.4.